The molecule has 1 heterocycles. The molecule has 3 nitrogen and oxygen atoms in total. The van der Waals surface area contributed by atoms with Gasteiger partial charge in [0.2, 0.25) is 5.91 Å². The molecule has 0 aromatic rings. The maximum absolute atomic E-state index is 11.3. The van der Waals surface area contributed by atoms with Crippen LogP contribution in [0.3, 0.4) is 0 Å². The van der Waals surface area contributed by atoms with Gasteiger partial charge in [0, 0.05) is 6.04 Å². The summed E-state index contributed by atoms with van der Waals surface area (Å²) in [6.07, 6.45) is 5.97. The van der Waals surface area contributed by atoms with Crippen molar-refractivity contribution in [3.63, 3.8) is 0 Å². The number of carbonyl (C=O) groups excluding carboxylic acids is 1. The number of hydrogen-bond donors (Lipinski definition) is 2. The Morgan fingerprint density at radius 1 is 1.38 bits per heavy atom. The van der Waals surface area contributed by atoms with Gasteiger partial charge in [-0.3, -0.25) is 4.79 Å². The quantitative estimate of drug-likeness (QED) is 0.661. The molecule has 0 spiro atoms. The number of rotatable bonds is 2. The zero-order chi connectivity index (χ0) is 9.26. The SMILES string of the molecule is O=C1NC(C2CCCC2)CC1CO. The zero-order valence-electron chi connectivity index (χ0n) is 7.83. The van der Waals surface area contributed by atoms with Crippen LogP contribution in [0.4, 0.5) is 0 Å². The van der Waals surface area contributed by atoms with Gasteiger partial charge in [-0.05, 0) is 25.2 Å². The van der Waals surface area contributed by atoms with Crippen LogP contribution in [0.25, 0.3) is 0 Å². The van der Waals surface area contributed by atoms with E-state index in [0.717, 1.165) is 6.42 Å². The maximum Gasteiger partial charge on any atom is 0.225 e. The zero-order valence-corrected chi connectivity index (χ0v) is 7.83. The van der Waals surface area contributed by atoms with E-state index in [4.69, 9.17) is 5.11 Å². The van der Waals surface area contributed by atoms with Gasteiger partial charge >= 0.3 is 0 Å². The molecule has 0 aromatic heterocycles. The number of aliphatic hydroxyl groups excluding tert-OH is 1. The predicted molar refractivity (Wildman–Crippen MR) is 49.1 cm³/mol. The summed E-state index contributed by atoms with van der Waals surface area (Å²) in [5.41, 5.74) is 0. The van der Waals surface area contributed by atoms with Crippen molar-refractivity contribution in [3.8, 4) is 0 Å². The van der Waals surface area contributed by atoms with Crippen LogP contribution in [-0.4, -0.2) is 23.7 Å². The molecule has 74 valence electrons. The van der Waals surface area contributed by atoms with E-state index >= 15 is 0 Å². The highest BCUT2D eigenvalue weighted by atomic mass is 16.3. The molecule has 2 rings (SSSR count). The van der Waals surface area contributed by atoms with Crippen molar-refractivity contribution >= 4 is 5.91 Å². The van der Waals surface area contributed by atoms with Crippen LogP contribution in [0.15, 0.2) is 0 Å². The lowest BCUT2D eigenvalue weighted by molar-refractivity contribution is -0.123. The monoisotopic (exact) mass is 183 g/mol. The van der Waals surface area contributed by atoms with Crippen LogP contribution >= 0.6 is 0 Å². The topological polar surface area (TPSA) is 49.3 Å². The van der Waals surface area contributed by atoms with Gasteiger partial charge in [0.15, 0.2) is 0 Å². The van der Waals surface area contributed by atoms with E-state index < -0.39 is 0 Å². The van der Waals surface area contributed by atoms with Gasteiger partial charge in [-0.15, -0.1) is 0 Å². The third-order valence-electron chi connectivity index (χ3n) is 3.43. The second-order valence-electron chi connectivity index (χ2n) is 4.27. The number of nitrogens with one attached hydrogen (secondary N) is 1. The third kappa shape index (κ3) is 1.70. The highest BCUT2D eigenvalue weighted by molar-refractivity contribution is 5.81. The summed E-state index contributed by atoms with van der Waals surface area (Å²) in [6, 6.07) is 0.354. The Kier molecular flexibility index (Phi) is 2.54. The van der Waals surface area contributed by atoms with Crippen molar-refractivity contribution in [2.75, 3.05) is 6.61 Å². The molecule has 1 saturated heterocycles. The molecule has 13 heavy (non-hydrogen) atoms. The highest BCUT2D eigenvalue weighted by Crippen LogP contribution is 2.32. The Labute approximate surface area is 78.5 Å². The van der Waals surface area contributed by atoms with E-state index in [-0.39, 0.29) is 18.4 Å². The first-order valence-electron chi connectivity index (χ1n) is 5.22. The minimum absolute atomic E-state index is 0.00898. The van der Waals surface area contributed by atoms with Crippen LogP contribution in [0, 0.1) is 11.8 Å². The standard InChI is InChI=1S/C10H17NO2/c12-6-8-5-9(11-10(8)13)7-3-1-2-4-7/h7-9,12H,1-6H2,(H,11,13). The molecule has 0 bridgehead atoms. The molecule has 1 aliphatic carbocycles. The highest BCUT2D eigenvalue weighted by Gasteiger charge is 2.36. The number of carbonyl (C=O) groups is 1. The van der Waals surface area contributed by atoms with Crippen molar-refractivity contribution in [2.24, 2.45) is 11.8 Å². The lowest BCUT2D eigenvalue weighted by Gasteiger charge is -2.17. The minimum Gasteiger partial charge on any atom is -0.396 e. The van der Waals surface area contributed by atoms with E-state index in [1.54, 1.807) is 0 Å². The number of hydrogen-bond acceptors (Lipinski definition) is 2. The second kappa shape index (κ2) is 3.66. The van der Waals surface area contributed by atoms with Gasteiger partial charge in [-0.2, -0.15) is 0 Å². The summed E-state index contributed by atoms with van der Waals surface area (Å²) in [6.45, 7) is 0.00898. The molecule has 2 atom stereocenters. The normalized spacial score (nSPS) is 35.3. The van der Waals surface area contributed by atoms with Gasteiger partial charge in [0.05, 0.1) is 12.5 Å². The summed E-state index contributed by atoms with van der Waals surface area (Å²) in [5, 5.41) is 11.9. The fourth-order valence-corrected chi connectivity index (χ4v) is 2.60. The molecule has 2 unspecified atom stereocenters. The number of amides is 1. The molecule has 0 radical (unpaired) electrons. The fourth-order valence-electron chi connectivity index (χ4n) is 2.60. The average molecular weight is 183 g/mol. The molecular formula is C10H17NO2. The van der Waals surface area contributed by atoms with E-state index in [1.807, 2.05) is 0 Å². The molecule has 1 saturated carbocycles. The number of aliphatic hydroxyl groups is 1. The molecule has 3 heteroatoms. The Hall–Kier alpha value is -0.570. The van der Waals surface area contributed by atoms with Gasteiger partial charge < -0.3 is 10.4 Å². The van der Waals surface area contributed by atoms with Crippen molar-refractivity contribution < 1.29 is 9.90 Å². The molecule has 1 aliphatic heterocycles. The predicted octanol–water partition coefficient (Wildman–Crippen LogP) is 0.674. The van der Waals surface area contributed by atoms with Crippen molar-refractivity contribution in [3.05, 3.63) is 0 Å². The Balaban J connectivity index is 1.92. The van der Waals surface area contributed by atoms with Crippen LogP contribution in [0.5, 0.6) is 0 Å². The van der Waals surface area contributed by atoms with E-state index in [1.165, 1.54) is 25.7 Å². The van der Waals surface area contributed by atoms with Gasteiger partial charge in [-0.1, -0.05) is 12.8 Å². The van der Waals surface area contributed by atoms with E-state index in [0.29, 0.717) is 12.0 Å². The first-order chi connectivity index (χ1) is 6.31. The van der Waals surface area contributed by atoms with Crippen LogP contribution < -0.4 is 5.32 Å². The molecule has 2 fully saturated rings. The van der Waals surface area contributed by atoms with Crippen LogP contribution in [0.2, 0.25) is 0 Å². The molecule has 2 N–H and O–H groups in total. The largest absolute Gasteiger partial charge is 0.396 e. The minimum atomic E-state index is -0.134. The lowest BCUT2D eigenvalue weighted by atomic mass is 9.94. The average Bonchev–Trinajstić information content (AvgIpc) is 2.71. The first kappa shape index (κ1) is 9.00. The summed E-state index contributed by atoms with van der Waals surface area (Å²) < 4.78 is 0. The van der Waals surface area contributed by atoms with Gasteiger partial charge in [0.1, 0.15) is 0 Å². The summed E-state index contributed by atoms with van der Waals surface area (Å²) in [4.78, 5) is 11.3. The Bertz CT molecular complexity index is 199. The summed E-state index contributed by atoms with van der Waals surface area (Å²) in [5.74, 6) is 0.602. The van der Waals surface area contributed by atoms with Crippen molar-refractivity contribution in [1.82, 2.24) is 5.32 Å². The lowest BCUT2D eigenvalue weighted by Crippen LogP contribution is -2.31. The second-order valence-corrected chi connectivity index (χ2v) is 4.27. The summed E-state index contributed by atoms with van der Waals surface area (Å²) in [7, 11) is 0. The fraction of sp³-hybridized carbons (Fsp3) is 0.900. The van der Waals surface area contributed by atoms with E-state index in [2.05, 4.69) is 5.32 Å². The molecular weight excluding hydrogens is 166 g/mol. The maximum atomic E-state index is 11.3. The van der Waals surface area contributed by atoms with Crippen molar-refractivity contribution in [1.29, 1.82) is 0 Å². The third-order valence-corrected chi connectivity index (χ3v) is 3.43. The van der Waals surface area contributed by atoms with Crippen LogP contribution in [-0.2, 0) is 4.79 Å². The van der Waals surface area contributed by atoms with Crippen LogP contribution in [0.1, 0.15) is 32.1 Å². The Morgan fingerprint density at radius 3 is 2.62 bits per heavy atom. The van der Waals surface area contributed by atoms with Gasteiger partial charge in [0.25, 0.3) is 0 Å². The molecule has 2 aliphatic rings. The smallest absolute Gasteiger partial charge is 0.225 e. The van der Waals surface area contributed by atoms with Gasteiger partial charge in [-0.25, -0.2) is 0 Å². The molecule has 0 aromatic carbocycles. The molecule has 1 amide bonds. The summed E-state index contributed by atoms with van der Waals surface area (Å²) >= 11 is 0. The van der Waals surface area contributed by atoms with E-state index in [9.17, 15) is 4.79 Å². The Morgan fingerprint density at radius 2 is 2.08 bits per heavy atom. The van der Waals surface area contributed by atoms with Crippen molar-refractivity contribution in [2.45, 2.75) is 38.1 Å². The first-order valence-corrected chi connectivity index (χ1v) is 5.22.